The van der Waals surface area contributed by atoms with Crippen LogP contribution in [-0.2, 0) is 19.1 Å². The number of amides is 1. The van der Waals surface area contributed by atoms with Crippen molar-refractivity contribution in [3.63, 3.8) is 0 Å². The summed E-state index contributed by atoms with van der Waals surface area (Å²) in [6, 6.07) is 0. The van der Waals surface area contributed by atoms with Crippen LogP contribution >= 0.6 is 0 Å². The molecule has 0 aliphatic heterocycles. The van der Waals surface area contributed by atoms with Gasteiger partial charge in [-0.2, -0.15) is 0 Å². The number of carbonyl (C=O) groups is 3. The molecule has 152 valence electrons. The van der Waals surface area contributed by atoms with Gasteiger partial charge in [-0.15, -0.1) is 0 Å². The predicted octanol–water partition coefficient (Wildman–Crippen LogP) is 3.81. The summed E-state index contributed by atoms with van der Waals surface area (Å²) in [5.74, 6) is -1.50. The Morgan fingerprint density at radius 1 is 1.00 bits per heavy atom. The summed E-state index contributed by atoms with van der Waals surface area (Å²) in [4.78, 5) is 34.9. The fourth-order valence-electron chi connectivity index (χ4n) is 2.63. The first-order valence-corrected chi connectivity index (χ1v) is 9.47. The maximum absolute atomic E-state index is 12.0. The van der Waals surface area contributed by atoms with Crippen molar-refractivity contribution in [2.24, 2.45) is 23.7 Å². The molecule has 0 aliphatic carbocycles. The van der Waals surface area contributed by atoms with Crippen molar-refractivity contribution in [1.82, 2.24) is 5.32 Å². The van der Waals surface area contributed by atoms with Gasteiger partial charge in [0.05, 0.1) is 5.92 Å². The average molecular weight is 373 g/mol. The normalized spacial score (nSPS) is 14.6. The number of carbonyl (C=O) groups excluding carboxylic acids is 2. The highest BCUT2D eigenvalue weighted by Gasteiger charge is 2.25. The Balaban J connectivity index is 4.64. The minimum absolute atomic E-state index is 0.0186. The first-order chi connectivity index (χ1) is 12.1. The van der Waals surface area contributed by atoms with Crippen molar-refractivity contribution < 1.29 is 29.0 Å². The van der Waals surface area contributed by atoms with Crippen LogP contribution in [0.15, 0.2) is 0 Å². The Kier molecular flexibility index (Phi) is 11.7. The van der Waals surface area contributed by atoms with Crippen molar-refractivity contribution in [2.75, 3.05) is 6.54 Å². The van der Waals surface area contributed by atoms with E-state index >= 15 is 0 Å². The predicted molar refractivity (Wildman–Crippen MR) is 98.5 cm³/mol. The molecule has 0 aliphatic rings. The molecule has 0 spiro atoms. The molecule has 0 saturated carbocycles. The molecule has 2 N–H and O–H groups in total. The average Bonchev–Trinajstić information content (AvgIpc) is 2.55. The van der Waals surface area contributed by atoms with E-state index in [1.54, 1.807) is 20.8 Å². The fraction of sp³-hybridized carbons (Fsp3) is 0.842. The van der Waals surface area contributed by atoms with Gasteiger partial charge in [0.2, 0.25) is 0 Å². The van der Waals surface area contributed by atoms with Gasteiger partial charge in [0.25, 0.3) is 6.29 Å². The van der Waals surface area contributed by atoms with Gasteiger partial charge in [-0.25, -0.2) is 4.79 Å². The zero-order valence-corrected chi connectivity index (χ0v) is 16.9. The Labute approximate surface area is 156 Å². The number of hydrogen-bond donors (Lipinski definition) is 2. The van der Waals surface area contributed by atoms with E-state index in [0.717, 1.165) is 12.8 Å². The zero-order valence-electron chi connectivity index (χ0n) is 16.9. The van der Waals surface area contributed by atoms with E-state index in [4.69, 9.17) is 9.47 Å². The highest BCUT2D eigenvalue weighted by atomic mass is 16.7. The number of rotatable bonds is 12. The molecule has 1 amide bonds. The molecular weight excluding hydrogens is 338 g/mol. The van der Waals surface area contributed by atoms with Crippen LogP contribution < -0.4 is 5.32 Å². The number of alkyl carbamates (subject to hydrolysis) is 1. The Morgan fingerprint density at radius 2 is 1.62 bits per heavy atom. The van der Waals surface area contributed by atoms with Gasteiger partial charge < -0.3 is 19.9 Å². The third-order valence-electron chi connectivity index (χ3n) is 4.15. The molecule has 0 aromatic rings. The minimum Gasteiger partial charge on any atom is -0.481 e. The third kappa shape index (κ3) is 10.3. The largest absolute Gasteiger partial charge is 0.481 e. The number of aliphatic carboxylic acids is 1. The van der Waals surface area contributed by atoms with Gasteiger partial charge in [-0.05, 0) is 24.7 Å². The standard InChI is InChI=1S/C19H35NO6/c1-7-14(9-12(3)4)10-15(17(22)23)11-20-19(24)26-18(13(5)6)25-16(21)8-2/h12-15,18H,7-11H2,1-6H3,(H,20,24)(H,22,23)/t14-,15+,18+/m1/s1. The van der Waals surface area contributed by atoms with E-state index in [-0.39, 0.29) is 18.9 Å². The van der Waals surface area contributed by atoms with Crippen LogP contribution in [0.2, 0.25) is 0 Å². The van der Waals surface area contributed by atoms with Crippen LogP contribution in [0.4, 0.5) is 4.79 Å². The SMILES string of the molecule is CCC(=O)O[C@@H](OC(=O)NC[C@H](C[C@H](CC)CC(C)C)C(=O)O)C(C)C. The van der Waals surface area contributed by atoms with Gasteiger partial charge in [0.15, 0.2) is 0 Å². The lowest BCUT2D eigenvalue weighted by molar-refractivity contribution is -0.174. The van der Waals surface area contributed by atoms with Crippen LogP contribution in [0, 0.1) is 23.7 Å². The fourth-order valence-corrected chi connectivity index (χ4v) is 2.63. The van der Waals surface area contributed by atoms with Gasteiger partial charge in [-0.3, -0.25) is 9.59 Å². The quantitative estimate of drug-likeness (QED) is 0.398. The van der Waals surface area contributed by atoms with E-state index < -0.39 is 30.2 Å². The molecule has 0 aromatic heterocycles. The van der Waals surface area contributed by atoms with Crippen molar-refractivity contribution in [3.8, 4) is 0 Å². The summed E-state index contributed by atoms with van der Waals surface area (Å²) >= 11 is 0. The smallest absolute Gasteiger partial charge is 0.410 e. The molecule has 0 radical (unpaired) electrons. The Bertz CT molecular complexity index is 449. The van der Waals surface area contributed by atoms with E-state index in [2.05, 4.69) is 19.2 Å². The van der Waals surface area contributed by atoms with Crippen LogP contribution in [0.5, 0.6) is 0 Å². The minimum atomic E-state index is -0.991. The monoisotopic (exact) mass is 373 g/mol. The number of hydrogen-bond acceptors (Lipinski definition) is 5. The molecule has 3 atom stereocenters. The number of carboxylic acid groups (broad SMARTS) is 1. The Hall–Kier alpha value is -1.79. The third-order valence-corrected chi connectivity index (χ3v) is 4.15. The number of ether oxygens (including phenoxy) is 2. The molecule has 0 rings (SSSR count). The van der Waals surface area contributed by atoms with Gasteiger partial charge in [-0.1, -0.05) is 48.0 Å². The summed E-state index contributed by atoms with van der Waals surface area (Å²) in [6.07, 6.45) is 0.764. The number of carboxylic acids is 1. The number of nitrogens with one attached hydrogen (secondary N) is 1. The van der Waals surface area contributed by atoms with E-state index in [9.17, 15) is 19.5 Å². The van der Waals surface area contributed by atoms with E-state index in [1.807, 2.05) is 6.92 Å². The van der Waals surface area contributed by atoms with Crippen molar-refractivity contribution >= 4 is 18.0 Å². The zero-order chi connectivity index (χ0) is 20.3. The summed E-state index contributed by atoms with van der Waals surface area (Å²) in [7, 11) is 0. The molecule has 0 unspecified atom stereocenters. The lowest BCUT2D eigenvalue weighted by atomic mass is 9.86. The van der Waals surface area contributed by atoms with Crippen LogP contribution in [-0.4, -0.2) is 36.0 Å². The maximum atomic E-state index is 12.0. The molecular formula is C19H35NO6. The topological polar surface area (TPSA) is 102 Å². The van der Waals surface area contributed by atoms with Gasteiger partial charge >= 0.3 is 18.0 Å². The van der Waals surface area contributed by atoms with Crippen molar-refractivity contribution in [2.45, 2.75) is 73.5 Å². The maximum Gasteiger partial charge on any atom is 0.410 e. The number of esters is 1. The molecule has 0 fully saturated rings. The van der Waals surface area contributed by atoms with E-state index in [0.29, 0.717) is 18.3 Å². The molecule has 0 saturated heterocycles. The first-order valence-electron chi connectivity index (χ1n) is 9.47. The molecule has 26 heavy (non-hydrogen) atoms. The highest BCUT2D eigenvalue weighted by molar-refractivity contribution is 5.73. The van der Waals surface area contributed by atoms with Crippen molar-refractivity contribution in [3.05, 3.63) is 0 Å². The molecule has 0 bridgehead atoms. The van der Waals surface area contributed by atoms with Crippen LogP contribution in [0.1, 0.15) is 67.2 Å². The summed E-state index contributed by atoms with van der Waals surface area (Å²) in [5, 5.41) is 11.9. The summed E-state index contributed by atoms with van der Waals surface area (Å²) < 4.78 is 10.2. The van der Waals surface area contributed by atoms with Gasteiger partial charge in [0, 0.05) is 18.9 Å². The lowest BCUT2D eigenvalue weighted by Crippen LogP contribution is -2.38. The molecule has 0 aromatic carbocycles. The second-order valence-corrected chi connectivity index (χ2v) is 7.42. The van der Waals surface area contributed by atoms with Crippen LogP contribution in [0.3, 0.4) is 0 Å². The van der Waals surface area contributed by atoms with Gasteiger partial charge in [0.1, 0.15) is 0 Å². The Morgan fingerprint density at radius 3 is 2.04 bits per heavy atom. The highest BCUT2D eigenvalue weighted by Crippen LogP contribution is 2.23. The second kappa shape index (κ2) is 12.5. The molecule has 7 nitrogen and oxygen atoms in total. The summed E-state index contributed by atoms with van der Waals surface area (Å²) in [6.45, 7) is 11.4. The molecule has 7 heteroatoms. The van der Waals surface area contributed by atoms with Crippen LogP contribution in [0.25, 0.3) is 0 Å². The van der Waals surface area contributed by atoms with Crippen molar-refractivity contribution in [1.29, 1.82) is 0 Å². The first kappa shape index (κ1) is 24.2. The molecule has 0 heterocycles. The summed E-state index contributed by atoms with van der Waals surface area (Å²) in [5.41, 5.74) is 0. The lowest BCUT2D eigenvalue weighted by Gasteiger charge is -2.23. The second-order valence-electron chi connectivity index (χ2n) is 7.42. The van der Waals surface area contributed by atoms with E-state index in [1.165, 1.54) is 0 Å².